The number of ether oxygens (including phenoxy) is 1. The molecule has 1 saturated heterocycles. The summed E-state index contributed by atoms with van der Waals surface area (Å²) in [6, 6.07) is 0.0184. The standard InChI is InChI=1S/C12H21N3O3/c1-18-12(17)14-10-4-5-15(8-10)11(16)7-13-6-9-2-3-9/h9-10,13H,2-8H2,1H3,(H,14,17). The molecule has 2 N–H and O–H groups in total. The van der Waals surface area contributed by atoms with E-state index in [1.165, 1.54) is 20.0 Å². The number of alkyl carbamates (subject to hydrolysis) is 1. The van der Waals surface area contributed by atoms with E-state index >= 15 is 0 Å². The Kier molecular flexibility index (Phi) is 4.41. The van der Waals surface area contributed by atoms with Crippen molar-refractivity contribution >= 4 is 12.0 Å². The average Bonchev–Trinajstić information content (AvgIpc) is 3.07. The minimum atomic E-state index is -0.429. The molecule has 0 aromatic rings. The molecule has 6 heteroatoms. The monoisotopic (exact) mass is 255 g/mol. The molecule has 1 aliphatic carbocycles. The fraction of sp³-hybridized carbons (Fsp3) is 0.833. The van der Waals surface area contributed by atoms with Crippen LogP contribution in [-0.2, 0) is 9.53 Å². The molecule has 1 atom stereocenters. The van der Waals surface area contributed by atoms with E-state index in [-0.39, 0.29) is 11.9 Å². The number of nitrogens with one attached hydrogen (secondary N) is 2. The first-order valence-electron chi connectivity index (χ1n) is 6.52. The van der Waals surface area contributed by atoms with E-state index in [9.17, 15) is 9.59 Å². The van der Waals surface area contributed by atoms with Gasteiger partial charge in [0.25, 0.3) is 0 Å². The number of nitrogens with zero attached hydrogens (tertiary/aromatic N) is 1. The fourth-order valence-corrected chi connectivity index (χ4v) is 2.15. The average molecular weight is 255 g/mol. The van der Waals surface area contributed by atoms with E-state index in [1.807, 2.05) is 0 Å². The summed E-state index contributed by atoms with van der Waals surface area (Å²) in [5.41, 5.74) is 0. The van der Waals surface area contributed by atoms with Crippen LogP contribution in [0.15, 0.2) is 0 Å². The second-order valence-corrected chi connectivity index (χ2v) is 5.04. The highest BCUT2D eigenvalue weighted by molar-refractivity contribution is 5.78. The van der Waals surface area contributed by atoms with Gasteiger partial charge in [0.05, 0.1) is 19.7 Å². The van der Waals surface area contributed by atoms with Gasteiger partial charge >= 0.3 is 6.09 Å². The van der Waals surface area contributed by atoms with Crippen LogP contribution in [0.25, 0.3) is 0 Å². The molecule has 1 unspecified atom stereocenters. The normalized spacial score (nSPS) is 22.9. The van der Waals surface area contributed by atoms with E-state index in [0.717, 1.165) is 18.9 Å². The summed E-state index contributed by atoms with van der Waals surface area (Å²) < 4.78 is 4.54. The van der Waals surface area contributed by atoms with Crippen LogP contribution in [0, 0.1) is 5.92 Å². The van der Waals surface area contributed by atoms with Gasteiger partial charge in [-0.3, -0.25) is 4.79 Å². The Labute approximate surface area is 107 Å². The quantitative estimate of drug-likeness (QED) is 0.722. The van der Waals surface area contributed by atoms with Crippen molar-refractivity contribution in [1.82, 2.24) is 15.5 Å². The first-order valence-corrected chi connectivity index (χ1v) is 6.52. The second kappa shape index (κ2) is 6.04. The van der Waals surface area contributed by atoms with Crippen LogP contribution in [0.2, 0.25) is 0 Å². The molecule has 2 rings (SSSR count). The molecule has 6 nitrogen and oxygen atoms in total. The van der Waals surface area contributed by atoms with Crippen LogP contribution >= 0.6 is 0 Å². The van der Waals surface area contributed by atoms with Gasteiger partial charge in [-0.1, -0.05) is 0 Å². The van der Waals surface area contributed by atoms with E-state index in [1.54, 1.807) is 4.90 Å². The molecule has 0 aromatic carbocycles. The van der Waals surface area contributed by atoms with Crippen molar-refractivity contribution in [3.63, 3.8) is 0 Å². The molecule has 18 heavy (non-hydrogen) atoms. The van der Waals surface area contributed by atoms with Crippen molar-refractivity contribution in [2.24, 2.45) is 5.92 Å². The van der Waals surface area contributed by atoms with Gasteiger partial charge in [-0.15, -0.1) is 0 Å². The molecule has 2 aliphatic rings. The Balaban J connectivity index is 1.63. The highest BCUT2D eigenvalue weighted by Gasteiger charge is 2.27. The van der Waals surface area contributed by atoms with Gasteiger partial charge in [-0.2, -0.15) is 0 Å². The summed E-state index contributed by atoms with van der Waals surface area (Å²) in [4.78, 5) is 24.7. The van der Waals surface area contributed by atoms with Gasteiger partial charge in [0, 0.05) is 13.1 Å². The number of carbonyl (C=O) groups is 2. The van der Waals surface area contributed by atoms with Crippen LogP contribution in [0.1, 0.15) is 19.3 Å². The number of amides is 2. The lowest BCUT2D eigenvalue weighted by Crippen LogP contribution is -2.41. The zero-order valence-corrected chi connectivity index (χ0v) is 10.8. The number of hydrogen-bond acceptors (Lipinski definition) is 4. The van der Waals surface area contributed by atoms with Crippen molar-refractivity contribution in [2.75, 3.05) is 33.3 Å². The van der Waals surface area contributed by atoms with Gasteiger partial charge < -0.3 is 20.3 Å². The van der Waals surface area contributed by atoms with Crippen molar-refractivity contribution in [3.8, 4) is 0 Å². The molecule has 1 heterocycles. The molecule has 0 aromatic heterocycles. The Morgan fingerprint density at radius 1 is 1.33 bits per heavy atom. The third-order valence-electron chi connectivity index (χ3n) is 3.45. The smallest absolute Gasteiger partial charge is 0.407 e. The number of rotatable bonds is 5. The highest BCUT2D eigenvalue weighted by atomic mass is 16.5. The van der Waals surface area contributed by atoms with E-state index in [2.05, 4.69) is 15.4 Å². The third-order valence-corrected chi connectivity index (χ3v) is 3.45. The maximum Gasteiger partial charge on any atom is 0.407 e. The van der Waals surface area contributed by atoms with Crippen molar-refractivity contribution in [2.45, 2.75) is 25.3 Å². The molecule has 102 valence electrons. The van der Waals surface area contributed by atoms with Crippen molar-refractivity contribution in [3.05, 3.63) is 0 Å². The molecule has 2 fully saturated rings. The summed E-state index contributed by atoms with van der Waals surface area (Å²) in [5.74, 6) is 0.898. The number of hydrogen-bond donors (Lipinski definition) is 2. The molecule has 0 spiro atoms. The highest BCUT2D eigenvalue weighted by Crippen LogP contribution is 2.27. The first-order chi connectivity index (χ1) is 8.69. The molecule has 1 saturated carbocycles. The molecular formula is C12H21N3O3. The predicted molar refractivity (Wildman–Crippen MR) is 66.1 cm³/mol. The largest absolute Gasteiger partial charge is 0.453 e. The molecule has 0 bridgehead atoms. The van der Waals surface area contributed by atoms with Crippen LogP contribution < -0.4 is 10.6 Å². The Morgan fingerprint density at radius 2 is 2.11 bits per heavy atom. The number of methoxy groups -OCH3 is 1. The summed E-state index contributed by atoms with van der Waals surface area (Å²) in [5, 5.41) is 5.91. The first kappa shape index (κ1) is 13.1. The number of likely N-dealkylation sites (tertiary alicyclic amines) is 1. The Hall–Kier alpha value is -1.30. The zero-order valence-electron chi connectivity index (χ0n) is 10.8. The van der Waals surface area contributed by atoms with Crippen LogP contribution in [0.5, 0.6) is 0 Å². The minimum absolute atomic E-state index is 0.0184. The summed E-state index contributed by atoms with van der Waals surface area (Å²) in [6.07, 6.45) is 2.94. The van der Waals surface area contributed by atoms with Crippen LogP contribution in [0.4, 0.5) is 4.79 Å². The topological polar surface area (TPSA) is 70.7 Å². The van der Waals surface area contributed by atoms with E-state index in [4.69, 9.17) is 0 Å². The van der Waals surface area contributed by atoms with Gasteiger partial charge in [0.15, 0.2) is 0 Å². The Morgan fingerprint density at radius 3 is 2.78 bits per heavy atom. The molecular weight excluding hydrogens is 234 g/mol. The minimum Gasteiger partial charge on any atom is -0.453 e. The van der Waals surface area contributed by atoms with Gasteiger partial charge in [-0.05, 0) is 31.7 Å². The molecule has 2 amide bonds. The SMILES string of the molecule is COC(=O)NC1CCN(C(=O)CNCC2CC2)C1. The van der Waals surface area contributed by atoms with Crippen molar-refractivity contribution in [1.29, 1.82) is 0 Å². The van der Waals surface area contributed by atoms with Gasteiger partial charge in [0.1, 0.15) is 0 Å². The van der Waals surface area contributed by atoms with Gasteiger partial charge in [0.2, 0.25) is 5.91 Å². The van der Waals surface area contributed by atoms with Crippen molar-refractivity contribution < 1.29 is 14.3 Å². The number of carbonyl (C=O) groups excluding carboxylic acids is 2. The summed E-state index contributed by atoms with van der Waals surface area (Å²) in [7, 11) is 1.34. The van der Waals surface area contributed by atoms with E-state index in [0.29, 0.717) is 19.6 Å². The second-order valence-electron chi connectivity index (χ2n) is 5.04. The van der Waals surface area contributed by atoms with E-state index < -0.39 is 6.09 Å². The third kappa shape index (κ3) is 3.87. The van der Waals surface area contributed by atoms with Gasteiger partial charge in [-0.25, -0.2) is 4.79 Å². The van der Waals surface area contributed by atoms with Crippen LogP contribution in [-0.4, -0.2) is 56.2 Å². The molecule has 1 aliphatic heterocycles. The molecule has 0 radical (unpaired) electrons. The maximum absolute atomic E-state index is 11.9. The lowest BCUT2D eigenvalue weighted by molar-refractivity contribution is -0.129. The predicted octanol–water partition coefficient (Wildman–Crippen LogP) is -0.0571. The summed E-state index contributed by atoms with van der Waals surface area (Å²) in [6.45, 7) is 2.64. The summed E-state index contributed by atoms with van der Waals surface area (Å²) >= 11 is 0. The maximum atomic E-state index is 11.9. The lowest BCUT2D eigenvalue weighted by Gasteiger charge is -2.17. The zero-order chi connectivity index (χ0) is 13.0. The fourth-order valence-electron chi connectivity index (χ4n) is 2.15. The Bertz CT molecular complexity index is 318. The lowest BCUT2D eigenvalue weighted by atomic mass is 10.3. The van der Waals surface area contributed by atoms with Crippen LogP contribution in [0.3, 0.4) is 0 Å².